The molecule has 1 aliphatic carbocycles. The van der Waals surface area contributed by atoms with Crippen LogP contribution in [0.3, 0.4) is 0 Å². The van der Waals surface area contributed by atoms with E-state index in [-0.39, 0.29) is 6.61 Å². The number of hydrogen-bond acceptors (Lipinski definition) is 2. The fraction of sp³-hybridized carbons (Fsp3) is 1.00. The molecule has 0 amide bonds. The molecule has 4 nitrogen and oxygen atoms in total. The first-order chi connectivity index (χ1) is 7.79. The first-order valence-corrected chi connectivity index (χ1v) is 8.02. The van der Waals surface area contributed by atoms with E-state index in [9.17, 15) is 4.57 Å². The third-order valence-electron chi connectivity index (χ3n) is 3.72. The van der Waals surface area contributed by atoms with E-state index in [1.165, 1.54) is 32.1 Å². The highest BCUT2D eigenvalue weighted by Gasteiger charge is 2.26. The highest BCUT2D eigenvalue weighted by Crippen LogP contribution is 2.40. The van der Waals surface area contributed by atoms with Gasteiger partial charge in [-0.1, -0.05) is 26.7 Å². The molecule has 1 saturated carbocycles. The molecule has 1 aliphatic rings. The van der Waals surface area contributed by atoms with Gasteiger partial charge in [-0.15, -0.1) is 0 Å². The van der Waals surface area contributed by atoms with Crippen molar-refractivity contribution >= 4 is 7.82 Å². The summed E-state index contributed by atoms with van der Waals surface area (Å²) < 4.78 is 14.9. The van der Waals surface area contributed by atoms with E-state index >= 15 is 0 Å². The highest BCUT2D eigenvalue weighted by molar-refractivity contribution is 7.46. The zero-order valence-electron chi connectivity index (χ0n) is 10.9. The van der Waals surface area contributed by atoms with E-state index in [2.05, 4.69) is 18.4 Å². The Morgan fingerprint density at radius 2 is 1.82 bits per heavy atom. The van der Waals surface area contributed by atoms with Crippen molar-refractivity contribution in [3.05, 3.63) is 0 Å². The molecule has 0 saturated heterocycles. The molecule has 1 fully saturated rings. The molecule has 17 heavy (non-hydrogen) atoms. The van der Waals surface area contributed by atoms with Gasteiger partial charge in [0.1, 0.15) is 0 Å². The smallest absolute Gasteiger partial charge is 0.303 e. The number of phosphoric ester groups is 1. The van der Waals surface area contributed by atoms with E-state index in [0.29, 0.717) is 5.41 Å². The first-order valence-electron chi connectivity index (χ1n) is 6.49. The Labute approximate surface area is 104 Å². The van der Waals surface area contributed by atoms with Crippen molar-refractivity contribution in [3.63, 3.8) is 0 Å². The lowest BCUT2D eigenvalue weighted by Crippen LogP contribution is -2.21. The van der Waals surface area contributed by atoms with Gasteiger partial charge in [0, 0.05) is 0 Å². The quantitative estimate of drug-likeness (QED) is 0.569. The van der Waals surface area contributed by atoms with Crippen LogP contribution in [0.4, 0.5) is 0 Å². The maximum Gasteiger partial charge on any atom is 0.469 e. The third-order valence-corrected chi connectivity index (χ3v) is 4.24. The summed E-state index contributed by atoms with van der Waals surface area (Å²) in [4.78, 5) is 17.0. The van der Waals surface area contributed by atoms with Gasteiger partial charge in [-0.05, 0) is 43.4 Å². The third kappa shape index (κ3) is 7.20. The second-order valence-corrected chi connectivity index (χ2v) is 7.17. The molecule has 0 spiro atoms. The Balaban J connectivity index is 2.03. The molecular formula is C12H25O4P. The van der Waals surface area contributed by atoms with E-state index in [1.54, 1.807) is 0 Å². The fourth-order valence-electron chi connectivity index (χ4n) is 2.47. The summed E-state index contributed by atoms with van der Waals surface area (Å²) >= 11 is 0. The van der Waals surface area contributed by atoms with Crippen LogP contribution in [-0.2, 0) is 9.09 Å². The van der Waals surface area contributed by atoms with E-state index in [4.69, 9.17) is 9.79 Å². The van der Waals surface area contributed by atoms with Gasteiger partial charge in [0.15, 0.2) is 0 Å². The molecule has 0 bridgehead atoms. The Hall–Kier alpha value is 0.110. The molecule has 102 valence electrons. The van der Waals surface area contributed by atoms with Crippen LogP contribution in [0.25, 0.3) is 0 Å². The number of rotatable bonds is 6. The van der Waals surface area contributed by atoms with Gasteiger partial charge in [-0.2, -0.15) is 0 Å². The molecule has 0 unspecified atom stereocenters. The van der Waals surface area contributed by atoms with Gasteiger partial charge in [0.25, 0.3) is 0 Å². The van der Waals surface area contributed by atoms with Crippen molar-refractivity contribution in [3.8, 4) is 0 Å². The van der Waals surface area contributed by atoms with Crippen LogP contribution in [0.1, 0.15) is 58.8 Å². The SMILES string of the molecule is CC1(C)CCC(CCCCOP(=O)(O)O)CC1. The average molecular weight is 264 g/mol. The van der Waals surface area contributed by atoms with Crippen LogP contribution >= 0.6 is 7.82 Å². The first kappa shape index (κ1) is 15.2. The van der Waals surface area contributed by atoms with E-state index in [0.717, 1.165) is 18.8 Å². The lowest BCUT2D eigenvalue weighted by atomic mass is 9.72. The van der Waals surface area contributed by atoms with Gasteiger partial charge in [-0.3, -0.25) is 4.52 Å². The van der Waals surface area contributed by atoms with Gasteiger partial charge in [0.2, 0.25) is 0 Å². The molecule has 0 heterocycles. The van der Waals surface area contributed by atoms with Crippen LogP contribution in [0.15, 0.2) is 0 Å². The van der Waals surface area contributed by atoms with Crippen molar-refractivity contribution in [1.29, 1.82) is 0 Å². The molecular weight excluding hydrogens is 239 g/mol. The number of unbranched alkanes of at least 4 members (excludes halogenated alkanes) is 1. The maximum atomic E-state index is 10.4. The largest absolute Gasteiger partial charge is 0.469 e. The Kier molecular flexibility index (Phi) is 5.65. The summed E-state index contributed by atoms with van der Waals surface area (Å²) in [5.41, 5.74) is 0.514. The van der Waals surface area contributed by atoms with Crippen LogP contribution in [0.2, 0.25) is 0 Å². The second-order valence-electron chi connectivity index (χ2n) is 5.93. The van der Waals surface area contributed by atoms with Crippen LogP contribution in [-0.4, -0.2) is 16.4 Å². The number of hydrogen-bond donors (Lipinski definition) is 2. The minimum Gasteiger partial charge on any atom is -0.303 e. The predicted molar refractivity (Wildman–Crippen MR) is 67.6 cm³/mol. The Bertz CT molecular complexity index is 262. The Morgan fingerprint density at radius 3 is 2.35 bits per heavy atom. The summed E-state index contributed by atoms with van der Waals surface area (Å²) in [6.07, 6.45) is 8.11. The summed E-state index contributed by atoms with van der Waals surface area (Å²) in [6.45, 7) is 4.83. The number of phosphoric acid groups is 1. The van der Waals surface area contributed by atoms with Crippen molar-refractivity contribution in [2.24, 2.45) is 11.3 Å². The molecule has 0 aromatic rings. The Morgan fingerprint density at radius 1 is 1.24 bits per heavy atom. The molecule has 0 atom stereocenters. The van der Waals surface area contributed by atoms with Crippen LogP contribution in [0, 0.1) is 11.3 Å². The lowest BCUT2D eigenvalue weighted by molar-refractivity contribution is 0.173. The van der Waals surface area contributed by atoms with Crippen molar-refractivity contribution < 1.29 is 18.9 Å². The molecule has 5 heteroatoms. The minimum atomic E-state index is -4.26. The van der Waals surface area contributed by atoms with Crippen molar-refractivity contribution in [2.75, 3.05) is 6.61 Å². The summed E-state index contributed by atoms with van der Waals surface area (Å²) in [5, 5.41) is 0. The normalized spacial score (nSPS) is 21.6. The van der Waals surface area contributed by atoms with Gasteiger partial charge >= 0.3 is 7.82 Å². The summed E-state index contributed by atoms with van der Waals surface area (Å²) in [6, 6.07) is 0. The predicted octanol–water partition coefficient (Wildman–Crippen LogP) is 3.48. The monoisotopic (exact) mass is 264 g/mol. The van der Waals surface area contributed by atoms with E-state index in [1.807, 2.05) is 0 Å². The zero-order valence-corrected chi connectivity index (χ0v) is 11.8. The maximum absolute atomic E-state index is 10.4. The minimum absolute atomic E-state index is 0.169. The lowest BCUT2D eigenvalue weighted by Gasteiger charge is -2.34. The second kappa shape index (κ2) is 6.33. The molecule has 1 rings (SSSR count). The molecule has 2 N–H and O–H groups in total. The average Bonchev–Trinajstić information content (AvgIpc) is 2.18. The summed E-state index contributed by atoms with van der Waals surface area (Å²) in [7, 11) is -4.26. The van der Waals surface area contributed by atoms with Gasteiger partial charge in [0.05, 0.1) is 6.61 Å². The van der Waals surface area contributed by atoms with Crippen LogP contribution in [0.5, 0.6) is 0 Å². The molecule has 0 aromatic carbocycles. The van der Waals surface area contributed by atoms with Crippen molar-refractivity contribution in [1.82, 2.24) is 0 Å². The highest BCUT2D eigenvalue weighted by atomic mass is 31.2. The summed E-state index contributed by atoms with van der Waals surface area (Å²) in [5.74, 6) is 0.804. The molecule has 0 radical (unpaired) electrons. The van der Waals surface area contributed by atoms with Crippen molar-refractivity contribution in [2.45, 2.75) is 58.8 Å². The topological polar surface area (TPSA) is 66.8 Å². The standard InChI is InChI=1S/C12H25O4P/c1-12(2)8-6-11(7-9-12)5-3-4-10-16-17(13,14)15/h11H,3-10H2,1-2H3,(H2,13,14,15). The zero-order chi connectivity index (χ0) is 12.9. The van der Waals surface area contributed by atoms with Crippen LogP contribution < -0.4 is 0 Å². The van der Waals surface area contributed by atoms with Gasteiger partial charge < -0.3 is 9.79 Å². The molecule has 0 aliphatic heterocycles. The fourth-order valence-corrected chi connectivity index (χ4v) is 2.83. The van der Waals surface area contributed by atoms with E-state index < -0.39 is 7.82 Å². The van der Waals surface area contributed by atoms with Gasteiger partial charge in [-0.25, -0.2) is 4.57 Å². The molecule has 0 aromatic heterocycles.